The third-order valence-corrected chi connectivity index (χ3v) is 3.98. The summed E-state index contributed by atoms with van der Waals surface area (Å²) >= 11 is 1.29. The molecule has 0 aliphatic heterocycles. The van der Waals surface area contributed by atoms with Crippen LogP contribution < -0.4 is 0 Å². The van der Waals surface area contributed by atoms with Crippen LogP contribution in [0.4, 0.5) is 0 Å². The highest BCUT2D eigenvalue weighted by atomic mass is 32.2. The van der Waals surface area contributed by atoms with E-state index in [0.717, 1.165) is 12.8 Å². The van der Waals surface area contributed by atoms with Crippen LogP contribution in [0.15, 0.2) is 30.3 Å². The summed E-state index contributed by atoms with van der Waals surface area (Å²) in [5.41, 5.74) is 1.25. The van der Waals surface area contributed by atoms with Crippen molar-refractivity contribution in [3.05, 3.63) is 35.9 Å². The predicted molar refractivity (Wildman–Crippen MR) is 84.3 cm³/mol. The fourth-order valence-corrected chi connectivity index (χ4v) is 2.75. The van der Waals surface area contributed by atoms with E-state index < -0.39 is 17.2 Å². The fourth-order valence-electron chi connectivity index (χ4n) is 1.79. The second-order valence-electron chi connectivity index (χ2n) is 4.34. The molecule has 0 heterocycles. The summed E-state index contributed by atoms with van der Waals surface area (Å²) in [6, 6.07) is 10.1. The molecule has 0 fully saturated rings. The van der Waals surface area contributed by atoms with Gasteiger partial charge in [-0.2, -0.15) is 0 Å². The number of ether oxygens (including phenoxy) is 2. The van der Waals surface area contributed by atoms with Crippen LogP contribution in [-0.2, 0) is 25.5 Å². The molecule has 0 saturated carbocycles. The number of rotatable bonds is 9. The number of thioether (sulfide) groups is 1. The monoisotopic (exact) mass is 310 g/mol. The van der Waals surface area contributed by atoms with Crippen molar-refractivity contribution in [2.24, 2.45) is 0 Å². The Bertz CT molecular complexity index is 415. The average molecular weight is 310 g/mol. The second-order valence-corrected chi connectivity index (χ2v) is 5.56. The van der Waals surface area contributed by atoms with Crippen molar-refractivity contribution in [3.63, 3.8) is 0 Å². The largest absolute Gasteiger partial charge is 0.465 e. The smallest absolute Gasteiger partial charge is 0.330 e. The van der Waals surface area contributed by atoms with Gasteiger partial charge in [-0.3, -0.25) is 9.59 Å². The minimum Gasteiger partial charge on any atom is -0.465 e. The Morgan fingerprint density at radius 2 is 1.62 bits per heavy atom. The van der Waals surface area contributed by atoms with Crippen LogP contribution in [0.1, 0.15) is 25.8 Å². The van der Waals surface area contributed by atoms with Crippen LogP contribution in [0.25, 0.3) is 0 Å². The topological polar surface area (TPSA) is 52.6 Å². The van der Waals surface area contributed by atoms with E-state index in [1.165, 1.54) is 17.3 Å². The number of aryl methyl sites for hydroxylation is 1. The van der Waals surface area contributed by atoms with Crippen LogP contribution in [0.3, 0.4) is 0 Å². The van der Waals surface area contributed by atoms with Crippen LogP contribution in [0, 0.1) is 0 Å². The molecule has 0 aliphatic carbocycles. The maximum Gasteiger partial charge on any atom is 0.330 e. The van der Waals surface area contributed by atoms with E-state index in [1.807, 2.05) is 18.2 Å². The Balaban J connectivity index is 2.41. The van der Waals surface area contributed by atoms with E-state index in [9.17, 15) is 9.59 Å². The van der Waals surface area contributed by atoms with Crippen LogP contribution >= 0.6 is 11.8 Å². The quantitative estimate of drug-likeness (QED) is 0.399. The zero-order valence-corrected chi connectivity index (χ0v) is 13.4. The fraction of sp³-hybridized carbons (Fsp3) is 0.500. The summed E-state index contributed by atoms with van der Waals surface area (Å²) < 4.78 is 9.85. The molecule has 0 aliphatic rings. The zero-order valence-electron chi connectivity index (χ0n) is 12.5. The lowest BCUT2D eigenvalue weighted by Crippen LogP contribution is -2.31. The molecule has 0 N–H and O–H groups in total. The molecule has 116 valence electrons. The number of carbonyl (C=O) groups excluding carboxylic acids is 2. The first-order chi connectivity index (χ1) is 10.2. The summed E-state index contributed by atoms with van der Waals surface area (Å²) in [4.78, 5) is 23.6. The lowest BCUT2D eigenvalue weighted by Gasteiger charge is -2.13. The van der Waals surface area contributed by atoms with Gasteiger partial charge in [-0.25, -0.2) is 0 Å². The van der Waals surface area contributed by atoms with Gasteiger partial charge in [0.1, 0.15) is 0 Å². The van der Waals surface area contributed by atoms with Gasteiger partial charge < -0.3 is 9.47 Å². The minimum atomic E-state index is -0.874. The van der Waals surface area contributed by atoms with E-state index in [4.69, 9.17) is 9.47 Å². The standard InChI is InChI=1S/C16H22O4S/c1-3-19-15(17)14(16(18)20-4-2)21-12-8-11-13-9-6-5-7-10-13/h5-7,9-10,14H,3-4,8,11-12H2,1-2H3. The summed E-state index contributed by atoms with van der Waals surface area (Å²) in [5.74, 6) is -0.321. The van der Waals surface area contributed by atoms with Crippen LogP contribution in [-0.4, -0.2) is 36.2 Å². The molecule has 1 rings (SSSR count). The molecular weight excluding hydrogens is 288 g/mol. The van der Waals surface area contributed by atoms with E-state index in [-0.39, 0.29) is 13.2 Å². The van der Waals surface area contributed by atoms with Gasteiger partial charge in [0.15, 0.2) is 5.25 Å². The highest BCUT2D eigenvalue weighted by molar-refractivity contribution is 8.01. The Labute approximate surface area is 130 Å². The molecule has 4 nitrogen and oxygen atoms in total. The first-order valence-electron chi connectivity index (χ1n) is 7.17. The SMILES string of the molecule is CCOC(=O)C(SCCCc1ccccc1)C(=O)OCC. The molecular formula is C16H22O4S. The zero-order chi connectivity index (χ0) is 15.5. The van der Waals surface area contributed by atoms with Crippen molar-refractivity contribution in [2.75, 3.05) is 19.0 Å². The van der Waals surface area contributed by atoms with Gasteiger partial charge in [-0.1, -0.05) is 30.3 Å². The molecule has 1 aromatic carbocycles. The third-order valence-electron chi connectivity index (χ3n) is 2.74. The Kier molecular flexibility index (Phi) is 8.59. The average Bonchev–Trinajstić information content (AvgIpc) is 2.48. The normalized spacial score (nSPS) is 10.4. The number of benzene rings is 1. The Hall–Kier alpha value is -1.49. The predicted octanol–water partition coefficient (Wildman–Crippen LogP) is 2.85. The van der Waals surface area contributed by atoms with E-state index >= 15 is 0 Å². The second kappa shape index (κ2) is 10.3. The molecule has 0 bridgehead atoms. The van der Waals surface area contributed by atoms with E-state index in [1.54, 1.807) is 13.8 Å². The maximum atomic E-state index is 11.8. The van der Waals surface area contributed by atoms with Crippen molar-refractivity contribution in [2.45, 2.75) is 31.9 Å². The van der Waals surface area contributed by atoms with Gasteiger partial charge in [0.2, 0.25) is 0 Å². The lowest BCUT2D eigenvalue weighted by atomic mass is 10.1. The van der Waals surface area contributed by atoms with E-state index in [2.05, 4.69) is 12.1 Å². The molecule has 0 spiro atoms. The van der Waals surface area contributed by atoms with E-state index in [0.29, 0.717) is 5.75 Å². The molecule has 1 aromatic rings. The van der Waals surface area contributed by atoms with Gasteiger partial charge in [-0.15, -0.1) is 11.8 Å². The molecule has 0 amide bonds. The van der Waals surface area contributed by atoms with Crippen molar-refractivity contribution in [1.82, 2.24) is 0 Å². The molecule has 0 unspecified atom stereocenters. The van der Waals surface area contributed by atoms with Crippen LogP contribution in [0.2, 0.25) is 0 Å². The van der Waals surface area contributed by atoms with Gasteiger partial charge >= 0.3 is 11.9 Å². The maximum absolute atomic E-state index is 11.8. The minimum absolute atomic E-state index is 0.263. The van der Waals surface area contributed by atoms with Crippen molar-refractivity contribution >= 4 is 23.7 Å². The molecule has 0 atom stereocenters. The number of hydrogen-bond donors (Lipinski definition) is 0. The molecule has 21 heavy (non-hydrogen) atoms. The van der Waals surface area contributed by atoms with Crippen molar-refractivity contribution < 1.29 is 19.1 Å². The molecule has 0 aromatic heterocycles. The van der Waals surface area contributed by atoms with Gasteiger partial charge in [0, 0.05) is 0 Å². The number of esters is 2. The third kappa shape index (κ3) is 6.67. The Morgan fingerprint density at radius 1 is 1.05 bits per heavy atom. The number of carbonyl (C=O) groups is 2. The highest BCUT2D eigenvalue weighted by Gasteiger charge is 2.29. The van der Waals surface area contributed by atoms with Gasteiger partial charge in [0.25, 0.3) is 0 Å². The molecule has 0 saturated heterocycles. The molecule has 5 heteroatoms. The molecule has 0 radical (unpaired) electrons. The summed E-state index contributed by atoms with van der Waals surface area (Å²) in [6.45, 7) is 3.97. The van der Waals surface area contributed by atoms with Crippen molar-refractivity contribution in [1.29, 1.82) is 0 Å². The summed E-state index contributed by atoms with van der Waals surface area (Å²) in [6.07, 6.45) is 1.82. The summed E-state index contributed by atoms with van der Waals surface area (Å²) in [5, 5.41) is -0.874. The first-order valence-corrected chi connectivity index (χ1v) is 8.22. The van der Waals surface area contributed by atoms with Gasteiger partial charge in [0.05, 0.1) is 13.2 Å². The number of hydrogen-bond acceptors (Lipinski definition) is 5. The van der Waals surface area contributed by atoms with Gasteiger partial charge in [-0.05, 0) is 38.0 Å². The summed E-state index contributed by atoms with van der Waals surface area (Å²) in [7, 11) is 0. The highest BCUT2D eigenvalue weighted by Crippen LogP contribution is 2.17. The Morgan fingerprint density at radius 3 is 2.14 bits per heavy atom. The van der Waals surface area contributed by atoms with Crippen molar-refractivity contribution in [3.8, 4) is 0 Å². The first kappa shape index (κ1) is 17.6. The van der Waals surface area contributed by atoms with Crippen LogP contribution in [0.5, 0.6) is 0 Å². The lowest BCUT2D eigenvalue weighted by molar-refractivity contribution is -0.152.